The van der Waals surface area contributed by atoms with E-state index in [2.05, 4.69) is 0 Å². The maximum Gasteiger partial charge on any atom is 0.501 e. The molecule has 2 aromatic rings. The average Bonchev–Trinajstić information content (AvgIpc) is 2.81. The SMILES string of the molecule is O=S(=O)(c1ccc(Oc2ccc(F)c(Cl)c2)c2c1C(O)C(F)(F)C2)C(F)(F)F. The van der Waals surface area contributed by atoms with Gasteiger partial charge in [0.05, 0.1) is 9.92 Å². The molecule has 3 rings (SSSR count). The predicted molar refractivity (Wildman–Crippen MR) is 84.8 cm³/mol. The van der Waals surface area contributed by atoms with Crippen LogP contribution in [0, 0.1) is 5.82 Å². The Morgan fingerprint density at radius 3 is 2.39 bits per heavy atom. The van der Waals surface area contributed by atoms with Crippen LogP contribution in [0.4, 0.5) is 26.3 Å². The Balaban J connectivity index is 2.17. The highest BCUT2D eigenvalue weighted by atomic mass is 35.5. The monoisotopic (exact) mass is 446 g/mol. The molecule has 0 saturated heterocycles. The number of hydrogen-bond acceptors (Lipinski definition) is 4. The molecule has 28 heavy (non-hydrogen) atoms. The molecule has 152 valence electrons. The third-order valence-corrected chi connectivity index (χ3v) is 5.91. The number of rotatable bonds is 3. The van der Waals surface area contributed by atoms with E-state index in [9.17, 15) is 39.9 Å². The van der Waals surface area contributed by atoms with Gasteiger partial charge in [0.1, 0.15) is 23.4 Å². The van der Waals surface area contributed by atoms with E-state index in [-0.39, 0.29) is 10.8 Å². The van der Waals surface area contributed by atoms with Crippen LogP contribution in [0.1, 0.15) is 17.2 Å². The van der Waals surface area contributed by atoms with Crippen LogP contribution in [0.2, 0.25) is 5.02 Å². The molecule has 1 unspecified atom stereocenters. The molecule has 0 saturated carbocycles. The number of alkyl halides is 5. The molecule has 0 amide bonds. The predicted octanol–water partition coefficient (Wildman–Crippen LogP) is 4.79. The molecule has 0 bridgehead atoms. The van der Waals surface area contributed by atoms with Crippen molar-refractivity contribution < 1.29 is 44.6 Å². The Kier molecular flexibility index (Phi) is 4.84. The smallest absolute Gasteiger partial charge is 0.457 e. The van der Waals surface area contributed by atoms with Crippen molar-refractivity contribution in [3.8, 4) is 11.5 Å². The maximum atomic E-state index is 14.0. The van der Waals surface area contributed by atoms with Crippen LogP contribution in [0.5, 0.6) is 11.5 Å². The standard InChI is InChI=1S/C16H9ClF6O4S/c17-9-5-7(1-2-10(9)18)27-11-3-4-12(28(25,26)16(21,22)23)13-8(11)6-15(19,20)14(13)24/h1-5,14,24H,6H2. The van der Waals surface area contributed by atoms with Gasteiger partial charge < -0.3 is 9.84 Å². The van der Waals surface area contributed by atoms with E-state index >= 15 is 0 Å². The fourth-order valence-electron chi connectivity index (χ4n) is 2.77. The van der Waals surface area contributed by atoms with E-state index in [4.69, 9.17) is 16.3 Å². The Labute approximate surface area is 159 Å². The molecule has 0 aliphatic heterocycles. The van der Waals surface area contributed by atoms with Crippen molar-refractivity contribution in [1.82, 2.24) is 0 Å². The highest BCUT2D eigenvalue weighted by molar-refractivity contribution is 7.92. The van der Waals surface area contributed by atoms with Crippen LogP contribution in [0.15, 0.2) is 35.2 Å². The van der Waals surface area contributed by atoms with E-state index in [1.807, 2.05) is 0 Å². The molecule has 1 aliphatic carbocycles. The highest BCUT2D eigenvalue weighted by Gasteiger charge is 2.55. The number of sulfone groups is 1. The first kappa shape index (κ1) is 20.7. The molecular weight excluding hydrogens is 438 g/mol. The Morgan fingerprint density at radius 1 is 1.18 bits per heavy atom. The van der Waals surface area contributed by atoms with Crippen LogP contribution in [-0.4, -0.2) is 25.0 Å². The second-order valence-electron chi connectivity index (χ2n) is 5.92. The zero-order valence-corrected chi connectivity index (χ0v) is 15.0. The second-order valence-corrected chi connectivity index (χ2v) is 8.24. The van der Waals surface area contributed by atoms with Gasteiger partial charge in [0.2, 0.25) is 0 Å². The van der Waals surface area contributed by atoms with E-state index in [1.165, 1.54) is 0 Å². The third-order valence-electron chi connectivity index (χ3n) is 4.07. The minimum Gasteiger partial charge on any atom is -0.457 e. The number of aliphatic hydroxyl groups excluding tert-OH is 1. The maximum absolute atomic E-state index is 14.0. The summed E-state index contributed by atoms with van der Waals surface area (Å²) in [6.45, 7) is 0. The van der Waals surface area contributed by atoms with E-state index in [0.717, 1.165) is 24.3 Å². The largest absolute Gasteiger partial charge is 0.501 e. The van der Waals surface area contributed by atoms with E-state index < -0.39 is 61.4 Å². The number of benzene rings is 2. The Morgan fingerprint density at radius 2 is 1.82 bits per heavy atom. The molecular formula is C16H9ClF6O4S. The number of hydrogen-bond donors (Lipinski definition) is 1. The zero-order chi connectivity index (χ0) is 21.1. The fraction of sp³-hybridized carbons (Fsp3) is 0.250. The minimum atomic E-state index is -6.01. The molecule has 0 fully saturated rings. The molecule has 0 aromatic heterocycles. The van der Waals surface area contributed by atoms with Crippen molar-refractivity contribution in [2.75, 3.05) is 0 Å². The summed E-state index contributed by atoms with van der Waals surface area (Å²) in [7, 11) is -6.01. The molecule has 0 radical (unpaired) electrons. The van der Waals surface area contributed by atoms with Crippen LogP contribution >= 0.6 is 11.6 Å². The molecule has 0 spiro atoms. The topological polar surface area (TPSA) is 63.6 Å². The van der Waals surface area contributed by atoms with Crippen molar-refractivity contribution >= 4 is 21.4 Å². The molecule has 1 N–H and O–H groups in total. The summed E-state index contributed by atoms with van der Waals surface area (Å²) in [5.41, 5.74) is -7.46. The molecule has 4 nitrogen and oxygen atoms in total. The van der Waals surface area contributed by atoms with Gasteiger partial charge in [0.15, 0.2) is 0 Å². The zero-order valence-electron chi connectivity index (χ0n) is 13.4. The first-order chi connectivity index (χ1) is 12.8. The molecule has 12 heteroatoms. The van der Waals surface area contributed by atoms with Gasteiger partial charge in [-0.15, -0.1) is 0 Å². The van der Waals surface area contributed by atoms with Gasteiger partial charge in [0, 0.05) is 23.6 Å². The van der Waals surface area contributed by atoms with Crippen LogP contribution in [-0.2, 0) is 16.3 Å². The van der Waals surface area contributed by atoms with Gasteiger partial charge in [-0.3, -0.25) is 0 Å². The van der Waals surface area contributed by atoms with Crippen molar-refractivity contribution in [2.45, 2.75) is 28.9 Å². The highest BCUT2D eigenvalue weighted by Crippen LogP contribution is 2.51. The summed E-state index contributed by atoms with van der Waals surface area (Å²) in [4.78, 5) is -1.48. The van der Waals surface area contributed by atoms with Gasteiger partial charge in [-0.05, 0) is 24.3 Å². The molecule has 2 aromatic carbocycles. The van der Waals surface area contributed by atoms with Gasteiger partial charge in [-0.25, -0.2) is 21.6 Å². The Hall–Kier alpha value is -1.98. The number of aliphatic hydroxyl groups is 1. The van der Waals surface area contributed by atoms with E-state index in [0.29, 0.717) is 6.07 Å². The second kappa shape index (κ2) is 6.53. The van der Waals surface area contributed by atoms with Crippen molar-refractivity contribution in [3.63, 3.8) is 0 Å². The van der Waals surface area contributed by atoms with Crippen LogP contribution in [0.25, 0.3) is 0 Å². The van der Waals surface area contributed by atoms with Crippen molar-refractivity contribution in [3.05, 3.63) is 52.3 Å². The van der Waals surface area contributed by atoms with Crippen LogP contribution < -0.4 is 4.74 Å². The lowest BCUT2D eigenvalue weighted by Gasteiger charge is -2.17. The number of fused-ring (bicyclic) bond motifs is 1. The van der Waals surface area contributed by atoms with Gasteiger partial charge in [-0.1, -0.05) is 11.6 Å². The summed E-state index contributed by atoms with van der Waals surface area (Å²) < 4.78 is 109. The normalized spacial score (nSPS) is 18.8. The van der Waals surface area contributed by atoms with Crippen LogP contribution in [0.3, 0.4) is 0 Å². The molecule has 1 atom stereocenters. The van der Waals surface area contributed by atoms with Crippen molar-refractivity contribution in [2.24, 2.45) is 0 Å². The summed E-state index contributed by atoms with van der Waals surface area (Å²) in [5, 5.41) is 9.42. The summed E-state index contributed by atoms with van der Waals surface area (Å²) >= 11 is 5.58. The quantitative estimate of drug-likeness (QED) is 0.689. The first-order valence-corrected chi connectivity index (χ1v) is 9.28. The lowest BCUT2D eigenvalue weighted by molar-refractivity contribution is -0.0978. The lowest BCUT2D eigenvalue weighted by atomic mass is 10.1. The lowest BCUT2D eigenvalue weighted by Crippen LogP contribution is -2.26. The van der Waals surface area contributed by atoms with Gasteiger partial charge in [-0.2, -0.15) is 13.2 Å². The molecule has 1 aliphatic rings. The summed E-state index contributed by atoms with van der Waals surface area (Å²) in [5.74, 6) is -5.27. The number of ether oxygens (including phenoxy) is 1. The van der Waals surface area contributed by atoms with E-state index in [1.54, 1.807) is 0 Å². The minimum absolute atomic E-state index is 0.135. The summed E-state index contributed by atoms with van der Waals surface area (Å²) in [6.07, 6.45) is -4.04. The summed E-state index contributed by atoms with van der Waals surface area (Å²) in [6, 6.07) is 4.16. The first-order valence-electron chi connectivity index (χ1n) is 7.41. The average molecular weight is 447 g/mol. The van der Waals surface area contributed by atoms with Crippen molar-refractivity contribution in [1.29, 1.82) is 0 Å². The number of halogens is 7. The van der Waals surface area contributed by atoms with Gasteiger partial charge >= 0.3 is 5.51 Å². The molecule has 0 heterocycles. The fourth-order valence-corrected chi connectivity index (χ4v) is 3.96. The Bertz CT molecular complexity index is 1050. The van der Waals surface area contributed by atoms with Gasteiger partial charge in [0.25, 0.3) is 15.8 Å². The third kappa shape index (κ3) is 3.31.